The van der Waals surface area contributed by atoms with Crippen LogP contribution in [0, 0.1) is 6.92 Å². The lowest BCUT2D eigenvalue weighted by Gasteiger charge is -2.35. The molecule has 0 aliphatic carbocycles. The highest BCUT2D eigenvalue weighted by Gasteiger charge is 2.29. The third kappa shape index (κ3) is 4.70. The van der Waals surface area contributed by atoms with Crippen LogP contribution < -0.4 is 4.90 Å². The Labute approximate surface area is 145 Å². The van der Waals surface area contributed by atoms with Crippen LogP contribution in [0.3, 0.4) is 0 Å². The monoisotopic (exact) mass is 353 g/mol. The van der Waals surface area contributed by atoms with Gasteiger partial charge in [-0.1, -0.05) is 19.1 Å². The summed E-state index contributed by atoms with van der Waals surface area (Å²) in [5, 5.41) is 0. The Hall–Kier alpha value is -1.60. The second-order valence-corrected chi connectivity index (χ2v) is 8.27. The third-order valence-electron chi connectivity index (χ3n) is 4.29. The van der Waals surface area contributed by atoms with Crippen molar-refractivity contribution in [3.63, 3.8) is 0 Å². The summed E-state index contributed by atoms with van der Waals surface area (Å²) in [7, 11) is -1.89. The van der Waals surface area contributed by atoms with Crippen molar-refractivity contribution in [1.82, 2.24) is 9.21 Å². The molecule has 0 saturated carbocycles. The summed E-state index contributed by atoms with van der Waals surface area (Å²) in [6, 6.07) is 8.20. The molecule has 0 radical (unpaired) electrons. The number of anilines is 1. The van der Waals surface area contributed by atoms with E-state index in [0.29, 0.717) is 32.7 Å². The maximum absolute atomic E-state index is 12.5. The molecule has 0 aromatic heterocycles. The Balaban J connectivity index is 1.94. The standard InChI is InChI=1S/C17H27N3O3S/c1-4-8-18(3)17(21)14-24(22,23)20-11-9-19(10-12-20)16-7-5-6-15(2)13-16/h5-7,13H,4,8-12,14H2,1-3H3. The summed E-state index contributed by atoms with van der Waals surface area (Å²) in [6.07, 6.45) is 0.817. The molecule has 7 heteroatoms. The van der Waals surface area contributed by atoms with Gasteiger partial charge in [0.15, 0.2) is 0 Å². The van der Waals surface area contributed by atoms with E-state index in [-0.39, 0.29) is 5.91 Å². The van der Waals surface area contributed by atoms with Gasteiger partial charge in [0.25, 0.3) is 0 Å². The first-order valence-corrected chi connectivity index (χ1v) is 9.98. The average Bonchev–Trinajstić information content (AvgIpc) is 2.55. The summed E-state index contributed by atoms with van der Waals surface area (Å²) < 4.78 is 26.4. The van der Waals surface area contributed by atoms with Crippen molar-refractivity contribution in [1.29, 1.82) is 0 Å². The molecular formula is C17H27N3O3S. The van der Waals surface area contributed by atoms with Gasteiger partial charge >= 0.3 is 0 Å². The van der Waals surface area contributed by atoms with Gasteiger partial charge in [-0.2, -0.15) is 4.31 Å². The molecule has 6 nitrogen and oxygen atoms in total. The van der Waals surface area contributed by atoms with Gasteiger partial charge in [-0.25, -0.2) is 8.42 Å². The maximum atomic E-state index is 12.5. The molecule has 0 unspecified atom stereocenters. The minimum absolute atomic E-state index is 0.335. The number of aryl methyl sites for hydroxylation is 1. The Morgan fingerprint density at radius 2 is 1.88 bits per heavy atom. The second kappa shape index (κ2) is 7.98. The molecule has 1 aromatic carbocycles. The fourth-order valence-corrected chi connectivity index (χ4v) is 4.30. The summed E-state index contributed by atoms with van der Waals surface area (Å²) in [5.74, 6) is -0.772. The molecule has 1 aliphatic heterocycles. The molecule has 1 heterocycles. The van der Waals surface area contributed by atoms with Crippen molar-refractivity contribution in [3.05, 3.63) is 29.8 Å². The predicted molar refractivity (Wildman–Crippen MR) is 96.7 cm³/mol. The number of amides is 1. The Morgan fingerprint density at radius 1 is 1.21 bits per heavy atom. The van der Waals surface area contributed by atoms with Crippen LogP contribution in [0.2, 0.25) is 0 Å². The number of hydrogen-bond acceptors (Lipinski definition) is 4. The van der Waals surface area contributed by atoms with Crippen LogP contribution in [0.5, 0.6) is 0 Å². The molecule has 1 amide bonds. The number of hydrogen-bond donors (Lipinski definition) is 0. The first kappa shape index (κ1) is 18.7. The van der Waals surface area contributed by atoms with Crippen molar-refractivity contribution in [2.75, 3.05) is 50.4 Å². The molecule has 0 N–H and O–H groups in total. The van der Waals surface area contributed by atoms with Crippen LogP contribution in [-0.2, 0) is 14.8 Å². The van der Waals surface area contributed by atoms with E-state index in [2.05, 4.69) is 11.0 Å². The number of carbonyl (C=O) groups excluding carboxylic acids is 1. The minimum Gasteiger partial charge on any atom is -0.369 e. The zero-order valence-electron chi connectivity index (χ0n) is 14.7. The van der Waals surface area contributed by atoms with Crippen molar-refractivity contribution in [2.24, 2.45) is 0 Å². The molecule has 2 rings (SSSR count). The van der Waals surface area contributed by atoms with E-state index in [0.717, 1.165) is 12.1 Å². The molecular weight excluding hydrogens is 326 g/mol. The lowest BCUT2D eigenvalue weighted by molar-refractivity contribution is -0.127. The van der Waals surface area contributed by atoms with E-state index in [1.807, 2.05) is 32.0 Å². The van der Waals surface area contributed by atoms with Gasteiger partial charge in [0.05, 0.1) is 0 Å². The van der Waals surface area contributed by atoms with Crippen LogP contribution in [-0.4, -0.2) is 69.1 Å². The fraction of sp³-hybridized carbons (Fsp3) is 0.588. The van der Waals surface area contributed by atoms with E-state index >= 15 is 0 Å². The zero-order valence-corrected chi connectivity index (χ0v) is 15.6. The molecule has 1 saturated heterocycles. The molecule has 1 aromatic rings. The zero-order chi connectivity index (χ0) is 17.7. The summed E-state index contributed by atoms with van der Waals surface area (Å²) >= 11 is 0. The van der Waals surface area contributed by atoms with E-state index in [9.17, 15) is 13.2 Å². The largest absolute Gasteiger partial charge is 0.369 e. The topological polar surface area (TPSA) is 60.9 Å². The summed E-state index contributed by atoms with van der Waals surface area (Å²) in [4.78, 5) is 15.7. The van der Waals surface area contributed by atoms with Crippen LogP contribution in [0.15, 0.2) is 24.3 Å². The van der Waals surface area contributed by atoms with Crippen LogP contribution >= 0.6 is 0 Å². The quantitative estimate of drug-likeness (QED) is 0.774. The lowest BCUT2D eigenvalue weighted by Crippen LogP contribution is -2.50. The Morgan fingerprint density at radius 3 is 2.46 bits per heavy atom. The summed E-state index contributed by atoms with van der Waals surface area (Å²) in [6.45, 7) is 6.70. The number of benzene rings is 1. The van der Waals surface area contributed by atoms with Crippen LogP contribution in [0.4, 0.5) is 5.69 Å². The van der Waals surface area contributed by atoms with Crippen LogP contribution in [0.25, 0.3) is 0 Å². The van der Waals surface area contributed by atoms with Crippen LogP contribution in [0.1, 0.15) is 18.9 Å². The maximum Gasteiger partial charge on any atom is 0.238 e. The smallest absolute Gasteiger partial charge is 0.238 e. The van der Waals surface area contributed by atoms with E-state index in [1.54, 1.807) is 7.05 Å². The molecule has 0 atom stereocenters. The van der Waals surface area contributed by atoms with Crippen molar-refractivity contribution < 1.29 is 13.2 Å². The Kier molecular flexibility index (Phi) is 6.23. The van der Waals surface area contributed by atoms with E-state index in [1.165, 1.54) is 14.8 Å². The normalized spacial score (nSPS) is 16.2. The van der Waals surface area contributed by atoms with Gasteiger partial charge in [-0.3, -0.25) is 4.79 Å². The number of sulfonamides is 1. The Bertz CT molecular complexity index is 667. The van der Waals surface area contributed by atoms with Gasteiger partial charge in [0.1, 0.15) is 5.75 Å². The summed E-state index contributed by atoms with van der Waals surface area (Å²) in [5.41, 5.74) is 2.30. The lowest BCUT2D eigenvalue weighted by atomic mass is 10.2. The van der Waals surface area contributed by atoms with Crippen molar-refractivity contribution in [2.45, 2.75) is 20.3 Å². The highest BCUT2D eigenvalue weighted by atomic mass is 32.2. The third-order valence-corrected chi connectivity index (χ3v) is 6.05. The predicted octanol–water partition coefficient (Wildman–Crippen LogP) is 1.32. The van der Waals surface area contributed by atoms with Crippen molar-refractivity contribution in [3.8, 4) is 0 Å². The highest BCUT2D eigenvalue weighted by Crippen LogP contribution is 2.19. The molecule has 0 spiro atoms. The SMILES string of the molecule is CCCN(C)C(=O)CS(=O)(=O)N1CCN(c2cccc(C)c2)CC1. The van der Waals surface area contributed by atoms with E-state index in [4.69, 9.17) is 0 Å². The van der Waals surface area contributed by atoms with Gasteiger partial charge in [0.2, 0.25) is 15.9 Å². The number of carbonyl (C=O) groups is 1. The van der Waals surface area contributed by atoms with Gasteiger partial charge < -0.3 is 9.80 Å². The first-order chi connectivity index (χ1) is 11.3. The molecule has 1 aliphatic rings. The second-order valence-electron chi connectivity index (χ2n) is 6.30. The molecule has 134 valence electrons. The molecule has 0 bridgehead atoms. The van der Waals surface area contributed by atoms with Crippen molar-refractivity contribution >= 4 is 21.6 Å². The minimum atomic E-state index is -3.54. The number of rotatable bonds is 6. The highest BCUT2D eigenvalue weighted by molar-refractivity contribution is 7.89. The number of piperazine rings is 1. The van der Waals surface area contributed by atoms with E-state index < -0.39 is 15.8 Å². The number of nitrogens with zero attached hydrogens (tertiary/aromatic N) is 3. The molecule has 24 heavy (non-hydrogen) atoms. The molecule has 1 fully saturated rings. The van der Waals surface area contributed by atoms with Gasteiger partial charge in [0, 0.05) is 45.5 Å². The van der Waals surface area contributed by atoms with Gasteiger partial charge in [-0.15, -0.1) is 0 Å². The van der Waals surface area contributed by atoms with Gasteiger partial charge in [-0.05, 0) is 31.0 Å². The fourth-order valence-electron chi connectivity index (χ4n) is 2.87. The first-order valence-electron chi connectivity index (χ1n) is 8.37. The average molecular weight is 353 g/mol.